The molecule has 0 bridgehead atoms. The molecule has 0 saturated heterocycles. The van der Waals surface area contributed by atoms with Gasteiger partial charge in [0.2, 0.25) is 0 Å². The van der Waals surface area contributed by atoms with E-state index in [1.807, 2.05) is 0 Å². The van der Waals surface area contributed by atoms with Crippen molar-refractivity contribution in [2.75, 3.05) is 0 Å². The topological polar surface area (TPSA) is 9.23 Å². The van der Waals surface area contributed by atoms with Gasteiger partial charge < -0.3 is 4.74 Å². The summed E-state index contributed by atoms with van der Waals surface area (Å²) in [7, 11) is 0. The fourth-order valence-electron chi connectivity index (χ4n) is 4.51. The first kappa shape index (κ1) is 22.2. The van der Waals surface area contributed by atoms with E-state index in [9.17, 15) is 0 Å². The second-order valence-electron chi connectivity index (χ2n) is 8.73. The molecule has 1 aliphatic carbocycles. The Balaban J connectivity index is 1.49. The van der Waals surface area contributed by atoms with Gasteiger partial charge >= 0.3 is 0 Å². The highest BCUT2D eigenvalue weighted by atomic mass is 35.5. The molecule has 0 aliphatic heterocycles. The minimum Gasteiger partial charge on any atom is -0.487 e. The normalized spacial score (nSPS) is 19.3. The number of benzene rings is 2. The van der Waals surface area contributed by atoms with Gasteiger partial charge in [0.15, 0.2) is 0 Å². The molecule has 0 atom stereocenters. The fourth-order valence-corrected chi connectivity index (χ4v) is 4.75. The lowest BCUT2D eigenvalue weighted by atomic mass is 9.78. The van der Waals surface area contributed by atoms with E-state index < -0.39 is 0 Å². The number of ether oxygens (including phenoxy) is 1. The van der Waals surface area contributed by atoms with Gasteiger partial charge in [-0.2, -0.15) is 0 Å². The van der Waals surface area contributed by atoms with Crippen LogP contribution in [0.15, 0.2) is 42.5 Å². The van der Waals surface area contributed by atoms with Crippen molar-refractivity contribution in [1.82, 2.24) is 0 Å². The molecule has 1 aliphatic rings. The van der Waals surface area contributed by atoms with Crippen LogP contribution in [-0.4, -0.2) is 0 Å². The van der Waals surface area contributed by atoms with E-state index in [1.54, 1.807) is 0 Å². The molecule has 0 amide bonds. The summed E-state index contributed by atoms with van der Waals surface area (Å²) >= 11 is 6.55. The summed E-state index contributed by atoms with van der Waals surface area (Å²) in [5, 5.41) is 0.743. The minimum absolute atomic E-state index is 0.566. The Morgan fingerprint density at radius 1 is 0.862 bits per heavy atom. The SMILES string of the molecule is CCCCCCc1ccc(COc2ccc(C3CCC(CC)CC3)cc2Cl)cc1. The van der Waals surface area contributed by atoms with E-state index in [4.69, 9.17) is 16.3 Å². The maximum atomic E-state index is 6.55. The predicted molar refractivity (Wildman–Crippen MR) is 125 cm³/mol. The first-order chi connectivity index (χ1) is 14.2. The highest BCUT2D eigenvalue weighted by molar-refractivity contribution is 6.32. The summed E-state index contributed by atoms with van der Waals surface area (Å²) in [5.41, 5.74) is 4.00. The molecule has 1 saturated carbocycles. The van der Waals surface area contributed by atoms with Crippen molar-refractivity contribution in [1.29, 1.82) is 0 Å². The van der Waals surface area contributed by atoms with Crippen LogP contribution in [0.2, 0.25) is 5.02 Å². The minimum atomic E-state index is 0.566. The number of halogens is 1. The lowest BCUT2D eigenvalue weighted by molar-refractivity contribution is 0.305. The molecule has 0 unspecified atom stereocenters. The van der Waals surface area contributed by atoms with Gasteiger partial charge in [-0.05, 0) is 79.2 Å². The molecule has 1 nitrogen and oxygen atoms in total. The van der Waals surface area contributed by atoms with Crippen molar-refractivity contribution in [3.63, 3.8) is 0 Å². The van der Waals surface area contributed by atoms with E-state index in [0.29, 0.717) is 12.5 Å². The molecule has 2 heteroatoms. The number of unbranched alkanes of at least 4 members (excludes halogenated alkanes) is 3. The van der Waals surface area contributed by atoms with E-state index in [0.717, 1.165) is 16.7 Å². The molecule has 158 valence electrons. The van der Waals surface area contributed by atoms with E-state index in [2.05, 4.69) is 56.3 Å². The Labute approximate surface area is 182 Å². The average molecular weight is 413 g/mol. The highest BCUT2D eigenvalue weighted by Crippen LogP contribution is 2.39. The van der Waals surface area contributed by atoms with Gasteiger partial charge in [0, 0.05) is 0 Å². The van der Waals surface area contributed by atoms with Crippen LogP contribution < -0.4 is 4.74 Å². The zero-order chi connectivity index (χ0) is 20.5. The van der Waals surface area contributed by atoms with Crippen molar-refractivity contribution in [2.24, 2.45) is 5.92 Å². The van der Waals surface area contributed by atoms with Crippen LogP contribution >= 0.6 is 11.6 Å². The molecule has 0 spiro atoms. The summed E-state index contributed by atoms with van der Waals surface area (Å²) in [6.07, 6.45) is 13.0. The Bertz CT molecular complexity index is 729. The summed E-state index contributed by atoms with van der Waals surface area (Å²) in [6, 6.07) is 15.3. The van der Waals surface area contributed by atoms with Crippen molar-refractivity contribution in [3.8, 4) is 5.75 Å². The summed E-state index contributed by atoms with van der Waals surface area (Å²) < 4.78 is 6.02. The Morgan fingerprint density at radius 3 is 2.24 bits per heavy atom. The third-order valence-corrected chi connectivity index (χ3v) is 6.88. The van der Waals surface area contributed by atoms with Crippen LogP contribution in [0.25, 0.3) is 0 Å². The van der Waals surface area contributed by atoms with Gasteiger partial charge in [-0.3, -0.25) is 0 Å². The lowest BCUT2D eigenvalue weighted by Crippen LogP contribution is -2.12. The summed E-state index contributed by atoms with van der Waals surface area (Å²) in [5.74, 6) is 2.38. The molecule has 0 heterocycles. The van der Waals surface area contributed by atoms with Crippen molar-refractivity contribution in [3.05, 3.63) is 64.2 Å². The fraction of sp³-hybridized carbons (Fsp3) is 0.556. The maximum absolute atomic E-state index is 6.55. The standard InChI is InChI=1S/C27H37ClO/c1-3-5-6-7-8-22-9-11-23(12-10-22)20-29-27-18-17-25(19-26(27)28)24-15-13-21(4-2)14-16-24/h9-12,17-19,21,24H,3-8,13-16,20H2,1-2H3. The van der Waals surface area contributed by atoms with Crippen LogP contribution in [0.4, 0.5) is 0 Å². The smallest absolute Gasteiger partial charge is 0.138 e. The molecule has 0 aromatic heterocycles. The third kappa shape index (κ3) is 6.78. The molecular formula is C27H37ClO. The van der Waals surface area contributed by atoms with Crippen LogP contribution in [0, 0.1) is 5.92 Å². The first-order valence-electron chi connectivity index (χ1n) is 11.7. The number of rotatable bonds is 10. The molecule has 0 radical (unpaired) electrons. The quantitative estimate of drug-likeness (QED) is 0.354. The second-order valence-corrected chi connectivity index (χ2v) is 9.14. The summed E-state index contributed by atoms with van der Waals surface area (Å²) in [6.45, 7) is 5.14. The number of hydrogen-bond donors (Lipinski definition) is 0. The van der Waals surface area contributed by atoms with Crippen LogP contribution in [0.1, 0.15) is 94.2 Å². The van der Waals surface area contributed by atoms with Crippen LogP contribution in [0.5, 0.6) is 5.75 Å². The van der Waals surface area contributed by atoms with Gasteiger partial charge in [0.05, 0.1) is 5.02 Å². The number of hydrogen-bond acceptors (Lipinski definition) is 1. The predicted octanol–water partition coefficient (Wildman–Crippen LogP) is 8.73. The van der Waals surface area contributed by atoms with Gasteiger partial charge in [-0.15, -0.1) is 0 Å². The van der Waals surface area contributed by atoms with Crippen LogP contribution in [-0.2, 0) is 13.0 Å². The van der Waals surface area contributed by atoms with Crippen molar-refractivity contribution < 1.29 is 4.74 Å². The molecule has 0 N–H and O–H groups in total. The highest BCUT2D eigenvalue weighted by Gasteiger charge is 2.21. The van der Waals surface area contributed by atoms with Gasteiger partial charge in [0.1, 0.15) is 12.4 Å². The maximum Gasteiger partial charge on any atom is 0.138 e. The van der Waals surface area contributed by atoms with E-state index >= 15 is 0 Å². The molecular weight excluding hydrogens is 376 g/mol. The average Bonchev–Trinajstić information content (AvgIpc) is 2.77. The second kappa shape index (κ2) is 11.6. The van der Waals surface area contributed by atoms with Gasteiger partial charge in [-0.1, -0.05) is 81.5 Å². The molecule has 3 rings (SSSR count). The van der Waals surface area contributed by atoms with Crippen LogP contribution in [0.3, 0.4) is 0 Å². The monoisotopic (exact) mass is 412 g/mol. The Morgan fingerprint density at radius 2 is 1.59 bits per heavy atom. The van der Waals surface area contributed by atoms with Crippen molar-refractivity contribution in [2.45, 2.75) is 90.6 Å². The molecule has 29 heavy (non-hydrogen) atoms. The largest absolute Gasteiger partial charge is 0.487 e. The Hall–Kier alpha value is -1.47. The third-order valence-electron chi connectivity index (χ3n) is 6.59. The lowest BCUT2D eigenvalue weighted by Gasteiger charge is -2.28. The zero-order valence-corrected chi connectivity index (χ0v) is 19.0. The van der Waals surface area contributed by atoms with Gasteiger partial charge in [0.25, 0.3) is 0 Å². The zero-order valence-electron chi connectivity index (χ0n) is 18.3. The van der Waals surface area contributed by atoms with Gasteiger partial charge in [-0.25, -0.2) is 0 Å². The van der Waals surface area contributed by atoms with E-state index in [1.165, 1.54) is 80.9 Å². The molecule has 2 aromatic carbocycles. The first-order valence-corrected chi connectivity index (χ1v) is 12.1. The Kier molecular flexibility index (Phi) is 8.92. The molecule has 2 aromatic rings. The van der Waals surface area contributed by atoms with Crippen molar-refractivity contribution >= 4 is 11.6 Å². The summed E-state index contributed by atoms with van der Waals surface area (Å²) in [4.78, 5) is 0. The number of aryl methyl sites for hydroxylation is 1. The van der Waals surface area contributed by atoms with E-state index in [-0.39, 0.29) is 0 Å². The molecule has 1 fully saturated rings.